The summed E-state index contributed by atoms with van der Waals surface area (Å²) >= 11 is 7.04. The number of nitro benzene ring substituents is 1. The van der Waals surface area contributed by atoms with Gasteiger partial charge in [-0.1, -0.05) is 22.9 Å². The Morgan fingerprint density at radius 2 is 2.33 bits per heavy atom. The van der Waals surface area contributed by atoms with Crippen molar-refractivity contribution in [1.29, 1.82) is 0 Å². The number of halogens is 1. The van der Waals surface area contributed by atoms with E-state index in [0.29, 0.717) is 10.2 Å². The van der Waals surface area contributed by atoms with E-state index in [2.05, 4.69) is 4.98 Å². The van der Waals surface area contributed by atoms with Crippen LogP contribution in [0.25, 0.3) is 0 Å². The van der Waals surface area contributed by atoms with Crippen molar-refractivity contribution in [3.8, 4) is 5.75 Å². The smallest absolute Gasteiger partial charge is 0.311 e. The summed E-state index contributed by atoms with van der Waals surface area (Å²) in [5, 5.41) is 11.6. The number of nitrogen functional groups attached to an aromatic ring is 1. The molecule has 8 heteroatoms. The van der Waals surface area contributed by atoms with Crippen LogP contribution in [0.15, 0.2) is 24.4 Å². The van der Waals surface area contributed by atoms with Gasteiger partial charge in [-0.15, -0.1) is 0 Å². The molecule has 0 amide bonds. The van der Waals surface area contributed by atoms with Crippen LogP contribution in [-0.2, 0) is 6.61 Å². The van der Waals surface area contributed by atoms with Gasteiger partial charge >= 0.3 is 5.69 Å². The van der Waals surface area contributed by atoms with E-state index in [9.17, 15) is 10.1 Å². The van der Waals surface area contributed by atoms with E-state index in [1.807, 2.05) is 0 Å². The first kappa shape index (κ1) is 12.6. The lowest BCUT2D eigenvalue weighted by molar-refractivity contribution is -0.385. The number of hydrogen-bond acceptors (Lipinski definition) is 6. The molecule has 0 saturated carbocycles. The largest absolute Gasteiger partial charge is 0.481 e. The van der Waals surface area contributed by atoms with Gasteiger partial charge in [0, 0.05) is 23.4 Å². The molecule has 6 nitrogen and oxygen atoms in total. The molecular formula is C10H8ClN3O3S. The molecular weight excluding hydrogens is 278 g/mol. The van der Waals surface area contributed by atoms with Crippen LogP contribution in [-0.4, -0.2) is 9.91 Å². The fraction of sp³-hybridized carbons (Fsp3) is 0.100. The number of ether oxygens (including phenoxy) is 1. The lowest BCUT2D eigenvalue weighted by Crippen LogP contribution is -1.97. The van der Waals surface area contributed by atoms with Gasteiger partial charge in [0.05, 0.1) is 9.80 Å². The molecule has 18 heavy (non-hydrogen) atoms. The van der Waals surface area contributed by atoms with Crippen LogP contribution in [0.5, 0.6) is 5.75 Å². The zero-order chi connectivity index (χ0) is 13.1. The maximum Gasteiger partial charge on any atom is 0.311 e. The molecule has 0 atom stereocenters. The van der Waals surface area contributed by atoms with E-state index in [-0.39, 0.29) is 18.0 Å². The lowest BCUT2D eigenvalue weighted by atomic mass is 10.3. The number of hydrogen-bond donors (Lipinski definition) is 1. The molecule has 0 radical (unpaired) electrons. The van der Waals surface area contributed by atoms with E-state index in [0.717, 1.165) is 4.88 Å². The highest BCUT2D eigenvalue weighted by atomic mass is 35.5. The Morgan fingerprint density at radius 3 is 2.94 bits per heavy atom. The van der Waals surface area contributed by atoms with Crippen molar-refractivity contribution in [1.82, 2.24) is 4.98 Å². The molecule has 1 aromatic carbocycles. The number of nitrogens with two attached hydrogens (primary N) is 1. The van der Waals surface area contributed by atoms with E-state index in [4.69, 9.17) is 22.1 Å². The van der Waals surface area contributed by atoms with Crippen LogP contribution in [0.3, 0.4) is 0 Å². The normalized spacial score (nSPS) is 10.3. The SMILES string of the molecule is Nc1ncc(COc2cc(Cl)ccc2[N+](=O)[O-])s1. The first-order valence-corrected chi connectivity index (χ1v) is 6.02. The zero-order valence-corrected chi connectivity index (χ0v) is 10.6. The highest BCUT2D eigenvalue weighted by Crippen LogP contribution is 2.31. The van der Waals surface area contributed by atoms with Crippen molar-refractivity contribution in [2.45, 2.75) is 6.61 Å². The summed E-state index contributed by atoms with van der Waals surface area (Å²) in [6.07, 6.45) is 1.57. The predicted molar refractivity (Wildman–Crippen MR) is 69.0 cm³/mol. The first-order chi connectivity index (χ1) is 8.56. The highest BCUT2D eigenvalue weighted by molar-refractivity contribution is 7.15. The van der Waals surface area contributed by atoms with E-state index in [1.54, 1.807) is 6.20 Å². The average molecular weight is 286 g/mol. The molecule has 94 valence electrons. The van der Waals surface area contributed by atoms with Crippen molar-refractivity contribution in [2.24, 2.45) is 0 Å². The predicted octanol–water partition coefficient (Wildman–Crippen LogP) is 2.87. The summed E-state index contributed by atoms with van der Waals surface area (Å²) in [5.74, 6) is 0.125. The Morgan fingerprint density at radius 1 is 1.56 bits per heavy atom. The van der Waals surface area contributed by atoms with Crippen molar-refractivity contribution in [3.63, 3.8) is 0 Å². The van der Waals surface area contributed by atoms with Crippen molar-refractivity contribution >= 4 is 33.8 Å². The standard InChI is InChI=1S/C10H8ClN3O3S/c11-6-1-2-8(14(15)16)9(3-6)17-5-7-4-13-10(12)18-7/h1-4H,5H2,(H2,12,13). The molecule has 0 bridgehead atoms. The Kier molecular flexibility index (Phi) is 3.63. The van der Waals surface area contributed by atoms with Crippen molar-refractivity contribution < 1.29 is 9.66 Å². The molecule has 0 saturated heterocycles. The monoisotopic (exact) mass is 285 g/mol. The van der Waals surface area contributed by atoms with Gasteiger partial charge in [-0.25, -0.2) is 4.98 Å². The number of aromatic nitrogens is 1. The van der Waals surface area contributed by atoms with Gasteiger partial charge in [0.15, 0.2) is 10.9 Å². The number of benzene rings is 1. The van der Waals surface area contributed by atoms with E-state index < -0.39 is 4.92 Å². The summed E-state index contributed by atoms with van der Waals surface area (Å²) in [6.45, 7) is 0.163. The fourth-order valence-corrected chi connectivity index (χ4v) is 2.05. The molecule has 0 aliphatic rings. The molecule has 0 aliphatic carbocycles. The van der Waals surface area contributed by atoms with Crippen LogP contribution >= 0.6 is 22.9 Å². The maximum absolute atomic E-state index is 10.8. The van der Waals surface area contributed by atoms with Crippen molar-refractivity contribution in [3.05, 3.63) is 44.4 Å². The quantitative estimate of drug-likeness (QED) is 0.689. The number of nitro groups is 1. The minimum atomic E-state index is -0.521. The van der Waals surface area contributed by atoms with Gasteiger partial charge < -0.3 is 10.5 Å². The Labute approximate surface area is 111 Å². The topological polar surface area (TPSA) is 91.3 Å². The van der Waals surface area contributed by atoms with Gasteiger partial charge in [0.2, 0.25) is 0 Å². The van der Waals surface area contributed by atoms with Gasteiger partial charge in [-0.2, -0.15) is 0 Å². The minimum absolute atomic E-state index is 0.125. The zero-order valence-electron chi connectivity index (χ0n) is 9.00. The number of anilines is 1. The van der Waals surface area contributed by atoms with Crippen LogP contribution in [0.4, 0.5) is 10.8 Å². The van der Waals surface area contributed by atoms with E-state index in [1.165, 1.54) is 29.5 Å². The molecule has 2 aromatic rings. The van der Waals surface area contributed by atoms with Gasteiger partial charge in [0.1, 0.15) is 6.61 Å². The third-order valence-corrected chi connectivity index (χ3v) is 3.10. The molecule has 0 fully saturated rings. The van der Waals surface area contributed by atoms with Gasteiger partial charge in [-0.3, -0.25) is 10.1 Å². The van der Waals surface area contributed by atoms with Gasteiger partial charge in [-0.05, 0) is 6.07 Å². The average Bonchev–Trinajstić information content (AvgIpc) is 2.72. The Hall–Kier alpha value is -1.86. The maximum atomic E-state index is 10.8. The molecule has 1 aromatic heterocycles. The molecule has 0 spiro atoms. The van der Waals surface area contributed by atoms with Crippen LogP contribution in [0.2, 0.25) is 5.02 Å². The number of nitrogens with zero attached hydrogens (tertiary/aromatic N) is 2. The second-order valence-corrected chi connectivity index (χ2v) is 4.91. The van der Waals surface area contributed by atoms with Gasteiger partial charge in [0.25, 0.3) is 0 Å². The van der Waals surface area contributed by atoms with Crippen molar-refractivity contribution in [2.75, 3.05) is 5.73 Å². The summed E-state index contributed by atoms with van der Waals surface area (Å²) < 4.78 is 5.37. The first-order valence-electron chi connectivity index (χ1n) is 4.83. The number of rotatable bonds is 4. The molecule has 2 rings (SSSR count). The molecule has 2 N–H and O–H groups in total. The molecule has 0 aliphatic heterocycles. The van der Waals surface area contributed by atoms with Crippen LogP contribution < -0.4 is 10.5 Å². The Balaban J connectivity index is 2.17. The molecule has 1 heterocycles. The highest BCUT2D eigenvalue weighted by Gasteiger charge is 2.15. The second kappa shape index (κ2) is 5.19. The summed E-state index contributed by atoms with van der Waals surface area (Å²) in [4.78, 5) is 14.9. The van der Waals surface area contributed by atoms with Crippen LogP contribution in [0, 0.1) is 10.1 Å². The summed E-state index contributed by atoms with van der Waals surface area (Å²) in [6, 6.07) is 4.15. The second-order valence-electron chi connectivity index (χ2n) is 3.32. The van der Waals surface area contributed by atoms with Crippen LogP contribution in [0.1, 0.15) is 4.88 Å². The third kappa shape index (κ3) is 2.88. The Bertz CT molecular complexity index is 587. The minimum Gasteiger partial charge on any atom is -0.481 e. The van der Waals surface area contributed by atoms with E-state index >= 15 is 0 Å². The summed E-state index contributed by atoms with van der Waals surface area (Å²) in [7, 11) is 0. The third-order valence-electron chi connectivity index (χ3n) is 2.06. The number of thiazole rings is 1. The fourth-order valence-electron chi connectivity index (χ4n) is 1.29. The summed E-state index contributed by atoms with van der Waals surface area (Å²) in [5.41, 5.74) is 5.34. The molecule has 0 unspecified atom stereocenters. The lowest BCUT2D eigenvalue weighted by Gasteiger charge is -2.05.